The number of aryl methyl sites for hydroxylation is 2. The van der Waals surface area contributed by atoms with Crippen molar-refractivity contribution in [3.63, 3.8) is 0 Å². The van der Waals surface area contributed by atoms with Gasteiger partial charge < -0.3 is 0 Å². The topological polar surface area (TPSA) is 17.8 Å². The van der Waals surface area contributed by atoms with E-state index >= 15 is 0 Å². The first-order valence-electron chi connectivity index (χ1n) is 5.42. The summed E-state index contributed by atoms with van der Waals surface area (Å²) >= 11 is 6.94. The number of hydrogen-bond acceptors (Lipinski definition) is 3. The van der Waals surface area contributed by atoms with E-state index in [0.29, 0.717) is 0 Å². The Bertz CT molecular complexity index is 540. The summed E-state index contributed by atoms with van der Waals surface area (Å²) < 4.78 is 2.94. The predicted molar refractivity (Wildman–Crippen MR) is 71.0 cm³/mol. The fraction of sp³-hybridized carbons (Fsp3) is 0.333. The van der Waals surface area contributed by atoms with Gasteiger partial charge in [0.1, 0.15) is 5.82 Å². The van der Waals surface area contributed by atoms with Crippen molar-refractivity contribution in [2.75, 3.05) is 0 Å². The molecule has 0 saturated carbocycles. The summed E-state index contributed by atoms with van der Waals surface area (Å²) in [6, 6.07) is 6.10. The van der Waals surface area contributed by atoms with Crippen molar-refractivity contribution in [2.45, 2.75) is 26.7 Å². The molecule has 0 atom stereocenters. The molecule has 16 heavy (non-hydrogen) atoms. The zero-order valence-electron chi connectivity index (χ0n) is 9.43. The minimum Gasteiger partial charge on any atom is -0.280 e. The fourth-order valence-electron chi connectivity index (χ4n) is 1.61. The molecule has 0 radical (unpaired) electrons. The molecule has 0 aliphatic rings. The lowest BCUT2D eigenvalue weighted by molar-refractivity contribution is 0.879. The highest BCUT2D eigenvalue weighted by atomic mass is 32.1. The van der Waals surface area contributed by atoms with Gasteiger partial charge in [0.15, 0.2) is 3.95 Å². The number of pyridine rings is 1. The van der Waals surface area contributed by atoms with Gasteiger partial charge in [-0.05, 0) is 37.2 Å². The molecule has 2 nitrogen and oxygen atoms in total. The van der Waals surface area contributed by atoms with Crippen LogP contribution in [0.5, 0.6) is 0 Å². The van der Waals surface area contributed by atoms with Crippen molar-refractivity contribution in [2.24, 2.45) is 0 Å². The van der Waals surface area contributed by atoms with Crippen molar-refractivity contribution in [3.05, 3.63) is 38.9 Å². The van der Waals surface area contributed by atoms with E-state index in [1.54, 1.807) is 11.3 Å². The summed E-state index contributed by atoms with van der Waals surface area (Å²) in [6.45, 7) is 4.25. The minimum absolute atomic E-state index is 0.873. The van der Waals surface area contributed by atoms with E-state index in [1.807, 2.05) is 18.2 Å². The lowest BCUT2D eigenvalue weighted by Crippen LogP contribution is -2.02. The van der Waals surface area contributed by atoms with Crippen LogP contribution >= 0.6 is 23.6 Å². The molecule has 0 spiro atoms. The van der Waals surface area contributed by atoms with E-state index in [4.69, 9.17) is 12.2 Å². The molecule has 2 aromatic heterocycles. The zero-order valence-corrected chi connectivity index (χ0v) is 11.1. The molecule has 0 aromatic carbocycles. The molecular weight excluding hydrogens is 236 g/mol. The molecule has 2 heterocycles. The summed E-state index contributed by atoms with van der Waals surface area (Å²) in [5, 5.41) is 2.11. The number of nitrogens with zero attached hydrogens (tertiary/aromatic N) is 2. The molecule has 0 aliphatic heterocycles. The van der Waals surface area contributed by atoms with Crippen molar-refractivity contribution in [1.29, 1.82) is 0 Å². The molecule has 84 valence electrons. The van der Waals surface area contributed by atoms with Crippen LogP contribution in [0.15, 0.2) is 23.6 Å². The molecule has 0 unspecified atom stereocenters. The van der Waals surface area contributed by atoms with E-state index in [9.17, 15) is 0 Å². The van der Waals surface area contributed by atoms with Gasteiger partial charge in [0.05, 0.1) is 0 Å². The second-order valence-corrected chi connectivity index (χ2v) is 5.03. The second kappa shape index (κ2) is 4.89. The van der Waals surface area contributed by atoms with E-state index < -0.39 is 0 Å². The van der Waals surface area contributed by atoms with Crippen LogP contribution in [0.4, 0.5) is 0 Å². The lowest BCUT2D eigenvalue weighted by atomic mass is 10.3. The first kappa shape index (κ1) is 11.5. The molecular formula is C12H14N2S2. The van der Waals surface area contributed by atoms with E-state index in [2.05, 4.69) is 28.8 Å². The minimum atomic E-state index is 0.873. The zero-order chi connectivity index (χ0) is 11.5. The second-order valence-electron chi connectivity index (χ2n) is 3.52. The van der Waals surface area contributed by atoms with Crippen molar-refractivity contribution < 1.29 is 0 Å². The molecule has 2 aromatic rings. The standard InChI is InChI=1S/C12H14N2S2/c1-3-9-6-5-7-11(13-9)14-10(4-2)8-16-12(14)15/h5-8H,3-4H2,1-2H3. The number of thiazole rings is 1. The molecule has 0 saturated heterocycles. The summed E-state index contributed by atoms with van der Waals surface area (Å²) in [6.07, 6.45) is 1.93. The van der Waals surface area contributed by atoms with Crippen LogP contribution in [0.2, 0.25) is 0 Å². The number of rotatable bonds is 3. The third-order valence-electron chi connectivity index (χ3n) is 2.51. The first-order chi connectivity index (χ1) is 7.76. The van der Waals surface area contributed by atoms with Gasteiger partial charge in [-0.25, -0.2) is 4.98 Å². The quantitative estimate of drug-likeness (QED) is 0.771. The number of hydrogen-bond donors (Lipinski definition) is 0. The van der Waals surface area contributed by atoms with Crippen LogP contribution in [0.3, 0.4) is 0 Å². The van der Waals surface area contributed by atoms with Crippen molar-refractivity contribution >= 4 is 23.6 Å². The van der Waals surface area contributed by atoms with Gasteiger partial charge in [0.2, 0.25) is 0 Å². The first-order valence-corrected chi connectivity index (χ1v) is 6.70. The summed E-state index contributed by atoms with van der Waals surface area (Å²) in [4.78, 5) is 4.61. The van der Waals surface area contributed by atoms with Crippen LogP contribution in [-0.4, -0.2) is 9.55 Å². The smallest absolute Gasteiger partial charge is 0.167 e. The maximum Gasteiger partial charge on any atom is 0.167 e. The Morgan fingerprint density at radius 3 is 2.81 bits per heavy atom. The normalized spacial score (nSPS) is 10.6. The fourth-order valence-corrected chi connectivity index (χ4v) is 2.79. The van der Waals surface area contributed by atoms with E-state index in [-0.39, 0.29) is 0 Å². The Hall–Kier alpha value is -1.00. The third kappa shape index (κ3) is 2.08. The molecule has 4 heteroatoms. The number of aromatic nitrogens is 2. The van der Waals surface area contributed by atoms with Crippen LogP contribution in [0, 0.1) is 3.95 Å². The average Bonchev–Trinajstić information content (AvgIpc) is 2.70. The molecule has 0 fully saturated rings. The Balaban J connectivity index is 2.57. The van der Waals surface area contributed by atoms with E-state index in [1.165, 1.54) is 5.69 Å². The van der Waals surface area contributed by atoms with Gasteiger partial charge in [-0.15, -0.1) is 11.3 Å². The monoisotopic (exact) mass is 250 g/mol. The lowest BCUT2D eigenvalue weighted by Gasteiger charge is -2.07. The van der Waals surface area contributed by atoms with Crippen LogP contribution in [0.1, 0.15) is 25.2 Å². The third-order valence-corrected chi connectivity index (χ3v) is 3.76. The Morgan fingerprint density at radius 2 is 2.12 bits per heavy atom. The van der Waals surface area contributed by atoms with Crippen molar-refractivity contribution in [3.8, 4) is 5.82 Å². The van der Waals surface area contributed by atoms with Gasteiger partial charge in [-0.1, -0.05) is 19.9 Å². The summed E-state index contributed by atoms with van der Waals surface area (Å²) in [5.41, 5.74) is 2.34. The van der Waals surface area contributed by atoms with Gasteiger partial charge in [-0.3, -0.25) is 4.57 Å². The highest BCUT2D eigenvalue weighted by Crippen LogP contribution is 2.17. The van der Waals surface area contributed by atoms with Gasteiger partial charge in [0.25, 0.3) is 0 Å². The Labute approximate surface area is 105 Å². The van der Waals surface area contributed by atoms with E-state index in [0.717, 1.165) is 28.3 Å². The Morgan fingerprint density at radius 1 is 1.31 bits per heavy atom. The molecule has 0 bridgehead atoms. The Kier molecular flexibility index (Phi) is 3.51. The average molecular weight is 250 g/mol. The van der Waals surface area contributed by atoms with Gasteiger partial charge in [0, 0.05) is 16.8 Å². The van der Waals surface area contributed by atoms with Gasteiger partial charge >= 0.3 is 0 Å². The predicted octanol–water partition coefficient (Wildman–Crippen LogP) is 3.79. The van der Waals surface area contributed by atoms with Gasteiger partial charge in [-0.2, -0.15) is 0 Å². The van der Waals surface area contributed by atoms with Crippen LogP contribution in [-0.2, 0) is 12.8 Å². The largest absolute Gasteiger partial charge is 0.280 e. The molecule has 2 rings (SSSR count). The molecule has 0 N–H and O–H groups in total. The maximum atomic E-state index is 5.34. The maximum absolute atomic E-state index is 5.34. The summed E-state index contributed by atoms with van der Waals surface area (Å²) in [5.74, 6) is 0.947. The molecule has 0 amide bonds. The van der Waals surface area contributed by atoms with Crippen LogP contribution < -0.4 is 0 Å². The highest BCUT2D eigenvalue weighted by Gasteiger charge is 2.06. The highest BCUT2D eigenvalue weighted by molar-refractivity contribution is 7.73. The summed E-state index contributed by atoms with van der Waals surface area (Å²) in [7, 11) is 0. The van der Waals surface area contributed by atoms with Crippen LogP contribution in [0.25, 0.3) is 5.82 Å². The SMILES string of the molecule is CCc1cccc(-n2c(CC)csc2=S)n1. The van der Waals surface area contributed by atoms with Crippen molar-refractivity contribution in [1.82, 2.24) is 9.55 Å². The molecule has 0 aliphatic carbocycles.